The van der Waals surface area contributed by atoms with Gasteiger partial charge in [-0.15, -0.1) is 0 Å². The third kappa shape index (κ3) is 16.1. The molecule has 0 aromatic heterocycles. The Kier molecular flexibility index (Phi) is 19.8. The molecule has 0 radical (unpaired) electrons. The zero-order chi connectivity index (χ0) is 29.4. The van der Waals surface area contributed by atoms with Gasteiger partial charge in [-0.1, -0.05) is 94.9 Å². The third-order valence-electron chi connectivity index (χ3n) is 6.51. The summed E-state index contributed by atoms with van der Waals surface area (Å²) in [5.41, 5.74) is 0.103. The van der Waals surface area contributed by atoms with E-state index in [-0.39, 0.29) is 30.4 Å². The highest BCUT2D eigenvalue weighted by Gasteiger charge is 2.18. The van der Waals surface area contributed by atoms with Gasteiger partial charge in [-0.05, 0) is 68.9 Å². The molecule has 0 aliphatic carbocycles. The van der Waals surface area contributed by atoms with Crippen molar-refractivity contribution >= 4 is 11.9 Å². The molecule has 1 amide bonds. The monoisotopic (exact) mass is 553 g/mol. The molecule has 222 valence electrons. The van der Waals surface area contributed by atoms with Crippen molar-refractivity contribution < 1.29 is 24.2 Å². The fraction of sp³-hybridized carbons (Fsp3) is 0.529. The summed E-state index contributed by atoms with van der Waals surface area (Å²) >= 11 is 0. The minimum absolute atomic E-state index is 0.0188. The molecule has 0 saturated carbocycles. The number of aromatic hydroxyl groups is 1. The number of phenolic OH excluding ortho intramolecular Hbond substituents is 1. The second-order valence-electron chi connectivity index (χ2n) is 9.98. The van der Waals surface area contributed by atoms with Gasteiger partial charge in [-0.25, -0.2) is 4.79 Å². The van der Waals surface area contributed by atoms with Gasteiger partial charge in [-0.2, -0.15) is 0 Å². The van der Waals surface area contributed by atoms with Crippen LogP contribution in [-0.2, 0) is 14.3 Å². The van der Waals surface area contributed by atoms with Gasteiger partial charge >= 0.3 is 5.97 Å². The number of ether oxygens (including phenoxy) is 2. The van der Waals surface area contributed by atoms with E-state index in [1.54, 1.807) is 12.1 Å². The van der Waals surface area contributed by atoms with Crippen LogP contribution in [0.15, 0.2) is 72.9 Å². The molecule has 0 saturated heterocycles. The van der Waals surface area contributed by atoms with Crippen LogP contribution in [0.25, 0.3) is 0 Å². The van der Waals surface area contributed by atoms with Crippen LogP contribution in [-0.4, -0.2) is 42.8 Å². The molecular formula is C34H51NO5. The number of unbranched alkanes of at least 4 members (excludes halogenated alkanes) is 2. The van der Waals surface area contributed by atoms with Crippen molar-refractivity contribution in [2.24, 2.45) is 11.8 Å². The normalized spacial score (nSPS) is 14.3. The van der Waals surface area contributed by atoms with Crippen LogP contribution in [0.5, 0.6) is 5.75 Å². The lowest BCUT2D eigenvalue weighted by Crippen LogP contribution is -2.38. The number of benzene rings is 1. The van der Waals surface area contributed by atoms with Gasteiger partial charge in [0.25, 0.3) is 0 Å². The summed E-state index contributed by atoms with van der Waals surface area (Å²) < 4.78 is 11.0. The Hall–Kier alpha value is -3.12. The van der Waals surface area contributed by atoms with E-state index in [2.05, 4.69) is 74.7 Å². The Morgan fingerprint density at radius 2 is 1.57 bits per heavy atom. The van der Waals surface area contributed by atoms with Crippen LogP contribution < -0.4 is 5.32 Å². The number of hydrogen-bond acceptors (Lipinski definition) is 5. The number of allylic oxidation sites excluding steroid dienone is 8. The van der Waals surface area contributed by atoms with Crippen LogP contribution >= 0.6 is 0 Å². The second-order valence-corrected chi connectivity index (χ2v) is 9.98. The summed E-state index contributed by atoms with van der Waals surface area (Å²) in [6.07, 6.45) is 24.8. The maximum absolute atomic E-state index is 12.5. The molecule has 0 aliphatic rings. The molecule has 3 atom stereocenters. The van der Waals surface area contributed by atoms with E-state index in [1.807, 2.05) is 6.92 Å². The molecular weight excluding hydrogens is 502 g/mol. The average Bonchev–Trinajstić information content (AvgIpc) is 2.95. The van der Waals surface area contributed by atoms with Crippen LogP contribution in [0.1, 0.15) is 89.4 Å². The summed E-state index contributed by atoms with van der Waals surface area (Å²) in [4.78, 5) is 24.6. The zero-order valence-electron chi connectivity index (χ0n) is 25.0. The number of carbonyl (C=O) groups is 2. The molecule has 1 aromatic carbocycles. The Morgan fingerprint density at radius 3 is 2.27 bits per heavy atom. The summed E-state index contributed by atoms with van der Waals surface area (Å²) in [5.74, 6) is 0.0339. The van der Waals surface area contributed by atoms with Crippen molar-refractivity contribution in [1.29, 1.82) is 0 Å². The first-order valence-electron chi connectivity index (χ1n) is 14.9. The van der Waals surface area contributed by atoms with Gasteiger partial charge < -0.3 is 19.9 Å². The minimum atomic E-state index is -0.623. The average molecular weight is 554 g/mol. The zero-order valence-corrected chi connectivity index (χ0v) is 25.0. The van der Waals surface area contributed by atoms with Gasteiger partial charge in [0.15, 0.2) is 0 Å². The van der Waals surface area contributed by atoms with Crippen molar-refractivity contribution in [1.82, 2.24) is 5.32 Å². The molecule has 1 rings (SSSR count). The largest absolute Gasteiger partial charge is 0.507 e. The van der Waals surface area contributed by atoms with Crippen LogP contribution in [0.4, 0.5) is 0 Å². The Morgan fingerprint density at radius 1 is 0.900 bits per heavy atom. The maximum atomic E-state index is 12.5. The van der Waals surface area contributed by atoms with Gasteiger partial charge in [0.2, 0.25) is 5.91 Å². The molecule has 2 N–H and O–H groups in total. The van der Waals surface area contributed by atoms with E-state index in [4.69, 9.17) is 9.47 Å². The number of phenols is 1. The Balaban J connectivity index is 2.22. The molecule has 40 heavy (non-hydrogen) atoms. The first-order valence-corrected chi connectivity index (χ1v) is 14.9. The van der Waals surface area contributed by atoms with Crippen molar-refractivity contribution in [2.45, 2.75) is 85.2 Å². The predicted molar refractivity (Wildman–Crippen MR) is 164 cm³/mol. The number of nitrogens with one attached hydrogen (secondary N) is 1. The standard InChI is InChI=1S/C34H51NO5/c1-5-7-8-9-10-11-12-15-21-28(3)29(4)22-16-13-14-19-26-39-32(20-6-2)33(37)35-25-27-40-34(38)30-23-17-18-24-31(30)36/h7-8,10-11,15-18,21-24,28-29,32,36H,5-6,9,12-14,19-20,25-27H2,1-4H3,(H,35,37)/b8-7-,11-10-,21-15-,22-16-/t28?,29?,32-/m0/s1. The van der Waals surface area contributed by atoms with Crippen LogP contribution in [0, 0.1) is 11.8 Å². The molecule has 0 bridgehead atoms. The number of carbonyl (C=O) groups excluding carboxylic acids is 2. The molecule has 2 unspecified atom stereocenters. The quantitative estimate of drug-likeness (QED) is 0.0925. The highest BCUT2D eigenvalue weighted by molar-refractivity contribution is 5.92. The van der Waals surface area contributed by atoms with Gasteiger partial charge in [0, 0.05) is 6.61 Å². The summed E-state index contributed by atoms with van der Waals surface area (Å²) in [5, 5.41) is 12.5. The fourth-order valence-electron chi connectivity index (χ4n) is 3.87. The molecule has 0 heterocycles. The Bertz CT molecular complexity index is 949. The summed E-state index contributed by atoms with van der Waals surface area (Å²) in [7, 11) is 0. The second kappa shape index (κ2) is 22.7. The maximum Gasteiger partial charge on any atom is 0.341 e. The lowest BCUT2D eigenvalue weighted by molar-refractivity contribution is -0.133. The van der Waals surface area contributed by atoms with Crippen molar-refractivity contribution in [3.8, 4) is 5.75 Å². The molecule has 0 fully saturated rings. The first-order chi connectivity index (χ1) is 19.4. The van der Waals surface area contributed by atoms with Crippen LogP contribution in [0.2, 0.25) is 0 Å². The number of rotatable bonds is 21. The molecule has 1 aromatic rings. The molecule has 0 aliphatic heterocycles. The number of hydrogen-bond donors (Lipinski definition) is 2. The van der Waals surface area contributed by atoms with Gasteiger partial charge in [0.05, 0.1) is 6.54 Å². The van der Waals surface area contributed by atoms with E-state index in [9.17, 15) is 14.7 Å². The summed E-state index contributed by atoms with van der Waals surface area (Å²) in [6, 6.07) is 6.20. The fourth-order valence-corrected chi connectivity index (χ4v) is 3.87. The predicted octanol–water partition coefficient (Wildman–Crippen LogP) is 7.71. The highest BCUT2D eigenvalue weighted by atomic mass is 16.5. The van der Waals surface area contributed by atoms with E-state index in [1.165, 1.54) is 12.1 Å². The number of amides is 1. The van der Waals surface area contributed by atoms with E-state index >= 15 is 0 Å². The lowest BCUT2D eigenvalue weighted by Gasteiger charge is -2.17. The highest BCUT2D eigenvalue weighted by Crippen LogP contribution is 2.17. The minimum Gasteiger partial charge on any atom is -0.507 e. The molecule has 6 nitrogen and oxygen atoms in total. The smallest absolute Gasteiger partial charge is 0.341 e. The lowest BCUT2D eigenvalue weighted by atomic mass is 9.94. The summed E-state index contributed by atoms with van der Waals surface area (Å²) in [6.45, 7) is 9.41. The molecule has 0 spiro atoms. The van der Waals surface area contributed by atoms with E-state index < -0.39 is 12.1 Å². The van der Waals surface area contributed by atoms with Crippen molar-refractivity contribution in [3.05, 3.63) is 78.4 Å². The topological polar surface area (TPSA) is 84.9 Å². The van der Waals surface area contributed by atoms with E-state index in [0.717, 1.165) is 44.9 Å². The number of para-hydroxylation sites is 1. The SMILES string of the molecule is CC/C=C\C/C=C\C/C=C\C(C)C(C)/C=C\CCCCO[C@@H](CCC)C(=O)NCCOC(=O)c1ccccc1O. The third-order valence-corrected chi connectivity index (χ3v) is 6.51. The van der Waals surface area contributed by atoms with Gasteiger partial charge in [-0.3, -0.25) is 4.79 Å². The van der Waals surface area contributed by atoms with E-state index in [0.29, 0.717) is 24.9 Å². The Labute approximate surface area is 242 Å². The van der Waals surface area contributed by atoms with Crippen molar-refractivity contribution in [2.75, 3.05) is 19.8 Å². The molecule has 6 heteroatoms. The van der Waals surface area contributed by atoms with Crippen LogP contribution in [0.3, 0.4) is 0 Å². The number of esters is 1. The van der Waals surface area contributed by atoms with Crippen molar-refractivity contribution in [3.63, 3.8) is 0 Å². The van der Waals surface area contributed by atoms with Gasteiger partial charge in [0.1, 0.15) is 24.0 Å². The first kappa shape index (κ1) is 34.9.